The second-order valence-electron chi connectivity index (χ2n) is 4.21. The lowest BCUT2D eigenvalue weighted by Crippen LogP contribution is -2.13. The summed E-state index contributed by atoms with van der Waals surface area (Å²) in [6.07, 6.45) is 0.133. The zero-order valence-corrected chi connectivity index (χ0v) is 12.7. The maximum Gasteiger partial charge on any atom is 0.306 e. The van der Waals surface area contributed by atoms with Gasteiger partial charge >= 0.3 is 5.97 Å². The zero-order valence-electron chi connectivity index (χ0n) is 11.8. The van der Waals surface area contributed by atoms with Gasteiger partial charge in [0, 0.05) is 6.42 Å². The summed E-state index contributed by atoms with van der Waals surface area (Å²) in [7, 11) is 1.30. The smallest absolute Gasteiger partial charge is 0.306 e. The molecule has 0 saturated carbocycles. The van der Waals surface area contributed by atoms with Crippen LogP contribution in [0.4, 0.5) is 5.13 Å². The van der Waals surface area contributed by atoms with Gasteiger partial charge in [-0.25, -0.2) is 4.98 Å². The minimum atomic E-state index is -0.407. The van der Waals surface area contributed by atoms with Crippen LogP contribution in [0.25, 0.3) is 10.2 Å². The molecule has 2 aromatic rings. The van der Waals surface area contributed by atoms with Crippen molar-refractivity contribution in [1.29, 1.82) is 0 Å². The van der Waals surface area contributed by atoms with Crippen molar-refractivity contribution in [1.82, 2.24) is 4.98 Å². The van der Waals surface area contributed by atoms with Crippen molar-refractivity contribution < 1.29 is 19.1 Å². The number of amides is 1. The lowest BCUT2D eigenvalue weighted by atomic mass is 10.3. The molecule has 0 unspecified atom stereocenters. The minimum Gasteiger partial charge on any atom is -0.494 e. The SMILES string of the molecule is CCOc1ccc2nc(NC(=O)CCC(=O)OC)sc2c1. The van der Waals surface area contributed by atoms with Crippen LogP contribution in [0, 0.1) is 0 Å². The van der Waals surface area contributed by atoms with Crippen molar-refractivity contribution in [2.75, 3.05) is 19.0 Å². The number of hydrogen-bond donors (Lipinski definition) is 1. The standard InChI is InChI=1S/C14H16N2O4S/c1-3-20-9-4-5-10-11(8-9)21-14(15-10)16-12(17)6-7-13(18)19-2/h4-5,8H,3,6-7H2,1-2H3,(H,15,16,17). The van der Waals surface area contributed by atoms with Crippen LogP contribution in [0.2, 0.25) is 0 Å². The van der Waals surface area contributed by atoms with E-state index in [4.69, 9.17) is 4.74 Å². The van der Waals surface area contributed by atoms with Gasteiger partial charge in [0.15, 0.2) is 5.13 Å². The number of nitrogens with zero attached hydrogens (tertiary/aromatic N) is 1. The van der Waals surface area contributed by atoms with E-state index in [0.717, 1.165) is 16.0 Å². The molecule has 1 N–H and O–H groups in total. The van der Waals surface area contributed by atoms with Crippen molar-refractivity contribution >= 4 is 38.6 Å². The number of nitrogens with one attached hydrogen (secondary N) is 1. The third-order valence-electron chi connectivity index (χ3n) is 2.70. The van der Waals surface area contributed by atoms with Crippen LogP contribution in [0.15, 0.2) is 18.2 Å². The van der Waals surface area contributed by atoms with E-state index in [1.165, 1.54) is 18.4 Å². The van der Waals surface area contributed by atoms with Gasteiger partial charge in [-0.2, -0.15) is 0 Å². The summed E-state index contributed by atoms with van der Waals surface area (Å²) in [6.45, 7) is 2.52. The van der Waals surface area contributed by atoms with Crippen LogP contribution in [-0.4, -0.2) is 30.6 Å². The Labute approximate surface area is 126 Å². The molecule has 0 saturated heterocycles. The lowest BCUT2D eigenvalue weighted by Gasteiger charge is -2.00. The number of ether oxygens (including phenoxy) is 2. The maximum atomic E-state index is 11.7. The minimum absolute atomic E-state index is 0.0573. The predicted octanol–water partition coefficient (Wildman–Crippen LogP) is 2.59. The number of esters is 1. The number of carbonyl (C=O) groups is 2. The van der Waals surface area contributed by atoms with Crippen LogP contribution in [0.1, 0.15) is 19.8 Å². The van der Waals surface area contributed by atoms with E-state index in [9.17, 15) is 9.59 Å². The third kappa shape index (κ3) is 4.16. The second kappa shape index (κ2) is 7.03. The fraction of sp³-hybridized carbons (Fsp3) is 0.357. The summed E-state index contributed by atoms with van der Waals surface area (Å²) in [5.41, 5.74) is 0.798. The number of carbonyl (C=O) groups excluding carboxylic acids is 2. The van der Waals surface area contributed by atoms with Gasteiger partial charge in [0.25, 0.3) is 0 Å². The number of hydrogen-bond acceptors (Lipinski definition) is 6. The topological polar surface area (TPSA) is 77.5 Å². The first kappa shape index (κ1) is 15.2. The van der Waals surface area contributed by atoms with Gasteiger partial charge in [0.1, 0.15) is 5.75 Å². The molecule has 0 atom stereocenters. The quantitative estimate of drug-likeness (QED) is 0.830. The third-order valence-corrected chi connectivity index (χ3v) is 3.63. The van der Waals surface area contributed by atoms with Crippen molar-refractivity contribution in [3.05, 3.63) is 18.2 Å². The first-order valence-electron chi connectivity index (χ1n) is 6.52. The highest BCUT2D eigenvalue weighted by Gasteiger charge is 2.10. The summed E-state index contributed by atoms with van der Waals surface area (Å²) >= 11 is 1.37. The average molecular weight is 308 g/mol. The Morgan fingerprint density at radius 1 is 1.33 bits per heavy atom. The van der Waals surface area contributed by atoms with E-state index in [1.54, 1.807) is 0 Å². The highest BCUT2D eigenvalue weighted by molar-refractivity contribution is 7.22. The molecule has 0 radical (unpaired) electrons. The van der Waals surface area contributed by atoms with Crippen molar-refractivity contribution in [3.63, 3.8) is 0 Å². The number of fused-ring (bicyclic) bond motifs is 1. The van der Waals surface area contributed by atoms with E-state index in [0.29, 0.717) is 11.7 Å². The van der Waals surface area contributed by atoms with E-state index in [2.05, 4.69) is 15.0 Å². The van der Waals surface area contributed by atoms with Gasteiger partial charge in [0.2, 0.25) is 5.91 Å². The number of thiazole rings is 1. The molecule has 0 bridgehead atoms. The fourth-order valence-corrected chi connectivity index (χ4v) is 2.62. The van der Waals surface area contributed by atoms with Gasteiger partial charge in [-0.05, 0) is 25.1 Å². The van der Waals surface area contributed by atoms with Gasteiger partial charge in [0.05, 0.1) is 30.4 Å². The molecule has 0 aliphatic heterocycles. The molecule has 1 aromatic heterocycles. The molecule has 21 heavy (non-hydrogen) atoms. The molecule has 1 amide bonds. The van der Waals surface area contributed by atoms with E-state index in [-0.39, 0.29) is 18.7 Å². The average Bonchev–Trinajstić information content (AvgIpc) is 2.86. The van der Waals surface area contributed by atoms with Crippen LogP contribution >= 0.6 is 11.3 Å². The molecule has 1 aromatic carbocycles. The van der Waals surface area contributed by atoms with Gasteiger partial charge in [-0.15, -0.1) is 0 Å². The van der Waals surface area contributed by atoms with Crippen molar-refractivity contribution in [2.45, 2.75) is 19.8 Å². The summed E-state index contributed by atoms with van der Waals surface area (Å²) in [5.74, 6) is 0.109. The van der Waals surface area contributed by atoms with Crippen LogP contribution in [-0.2, 0) is 14.3 Å². The highest BCUT2D eigenvalue weighted by Crippen LogP contribution is 2.29. The number of anilines is 1. The first-order chi connectivity index (χ1) is 10.1. The first-order valence-corrected chi connectivity index (χ1v) is 7.34. The lowest BCUT2D eigenvalue weighted by molar-refractivity contribution is -0.141. The van der Waals surface area contributed by atoms with Crippen LogP contribution in [0.5, 0.6) is 5.75 Å². The highest BCUT2D eigenvalue weighted by atomic mass is 32.1. The second-order valence-corrected chi connectivity index (χ2v) is 5.24. The Hall–Kier alpha value is -2.15. The predicted molar refractivity (Wildman–Crippen MR) is 80.7 cm³/mol. The Morgan fingerprint density at radius 3 is 2.86 bits per heavy atom. The Kier molecular flexibility index (Phi) is 5.10. The number of aromatic nitrogens is 1. The monoisotopic (exact) mass is 308 g/mol. The molecule has 112 valence electrons. The molecular formula is C14H16N2O4S. The summed E-state index contributed by atoms with van der Waals surface area (Å²) < 4.78 is 10.8. The van der Waals surface area contributed by atoms with Crippen molar-refractivity contribution in [3.8, 4) is 5.75 Å². The van der Waals surface area contributed by atoms with Gasteiger partial charge < -0.3 is 14.8 Å². The van der Waals surface area contributed by atoms with E-state index in [1.807, 2.05) is 25.1 Å². The number of rotatable bonds is 6. The largest absolute Gasteiger partial charge is 0.494 e. The fourth-order valence-electron chi connectivity index (χ4n) is 1.71. The summed E-state index contributed by atoms with van der Waals surface area (Å²) in [6, 6.07) is 5.58. The molecule has 0 aliphatic carbocycles. The molecule has 2 rings (SSSR count). The Balaban J connectivity index is 2.02. The normalized spacial score (nSPS) is 10.4. The summed E-state index contributed by atoms with van der Waals surface area (Å²) in [4.78, 5) is 27.0. The maximum absolute atomic E-state index is 11.7. The molecule has 6 nitrogen and oxygen atoms in total. The van der Waals surface area contributed by atoms with E-state index >= 15 is 0 Å². The Bertz CT molecular complexity index is 653. The molecule has 0 spiro atoms. The van der Waals surface area contributed by atoms with E-state index < -0.39 is 5.97 Å². The van der Waals surface area contributed by atoms with Crippen LogP contribution in [0.3, 0.4) is 0 Å². The van der Waals surface area contributed by atoms with Crippen molar-refractivity contribution in [2.24, 2.45) is 0 Å². The molecule has 1 heterocycles. The summed E-state index contributed by atoms with van der Waals surface area (Å²) in [5, 5.41) is 3.19. The molecule has 0 aliphatic rings. The molecule has 7 heteroatoms. The van der Waals surface area contributed by atoms with Crippen LogP contribution < -0.4 is 10.1 Å². The number of methoxy groups -OCH3 is 1. The van der Waals surface area contributed by atoms with Gasteiger partial charge in [-0.1, -0.05) is 11.3 Å². The van der Waals surface area contributed by atoms with Gasteiger partial charge in [-0.3, -0.25) is 9.59 Å². The Morgan fingerprint density at radius 2 is 2.14 bits per heavy atom. The zero-order chi connectivity index (χ0) is 15.2. The number of benzene rings is 1. The molecular weight excluding hydrogens is 292 g/mol. The molecule has 0 fully saturated rings.